The Kier molecular flexibility index (Phi) is 4.30. The zero-order valence-electron chi connectivity index (χ0n) is 13.1. The first-order chi connectivity index (χ1) is 10.3. The van der Waals surface area contributed by atoms with Gasteiger partial charge in [-0.3, -0.25) is 10.1 Å². The number of aryl methyl sites for hydroxylation is 1. The number of nitrogens with zero attached hydrogens (tertiary/aromatic N) is 2. The van der Waals surface area contributed by atoms with Crippen LogP contribution in [0.15, 0.2) is 36.7 Å². The average Bonchev–Trinajstić information content (AvgIpc) is 2.83. The van der Waals surface area contributed by atoms with Crippen molar-refractivity contribution in [2.45, 2.75) is 26.4 Å². The molecule has 0 saturated carbocycles. The molecule has 0 saturated heterocycles. The fourth-order valence-corrected chi connectivity index (χ4v) is 1.84. The number of imidazole rings is 1. The van der Waals surface area contributed by atoms with E-state index >= 15 is 0 Å². The number of benzene rings is 1. The Labute approximate surface area is 129 Å². The molecule has 1 heterocycles. The van der Waals surface area contributed by atoms with Crippen LogP contribution in [0.1, 0.15) is 37.0 Å². The average molecular weight is 301 g/mol. The molecule has 1 aromatic heterocycles. The standard InChI is InChI=1S/C16H19N3O3/c1-16(2,3)22-15(21)18-12-7-5-11(6-8-12)13(20)14-17-9-10-19(14)4/h5-10H,1-4H3,(H,18,21). The Hall–Kier alpha value is -2.63. The van der Waals surface area contributed by atoms with Gasteiger partial charge in [0.25, 0.3) is 0 Å². The number of carbonyl (C=O) groups is 2. The lowest BCUT2D eigenvalue weighted by Crippen LogP contribution is -2.27. The van der Waals surface area contributed by atoms with Crippen LogP contribution in [0.2, 0.25) is 0 Å². The normalized spacial score (nSPS) is 11.1. The fourth-order valence-electron chi connectivity index (χ4n) is 1.84. The first-order valence-electron chi connectivity index (χ1n) is 6.88. The third kappa shape index (κ3) is 3.94. The zero-order chi connectivity index (χ0) is 16.3. The molecule has 116 valence electrons. The van der Waals surface area contributed by atoms with Crippen LogP contribution in [0, 0.1) is 0 Å². The van der Waals surface area contributed by atoms with Gasteiger partial charge in [0, 0.05) is 30.7 Å². The smallest absolute Gasteiger partial charge is 0.412 e. The minimum Gasteiger partial charge on any atom is -0.444 e. The van der Waals surface area contributed by atoms with Gasteiger partial charge in [0.2, 0.25) is 5.78 Å². The molecule has 6 heteroatoms. The molecule has 0 aliphatic rings. The lowest BCUT2D eigenvalue weighted by atomic mass is 10.1. The highest BCUT2D eigenvalue weighted by Gasteiger charge is 2.17. The van der Waals surface area contributed by atoms with Crippen LogP contribution in [0.3, 0.4) is 0 Å². The van der Waals surface area contributed by atoms with Crippen LogP contribution in [0.4, 0.5) is 10.5 Å². The van der Waals surface area contributed by atoms with Crippen LogP contribution in [-0.4, -0.2) is 27.0 Å². The van der Waals surface area contributed by atoms with Crippen LogP contribution in [0.5, 0.6) is 0 Å². The molecule has 0 radical (unpaired) electrons. The largest absolute Gasteiger partial charge is 0.444 e. The van der Waals surface area contributed by atoms with E-state index in [2.05, 4.69) is 10.3 Å². The maximum Gasteiger partial charge on any atom is 0.412 e. The van der Waals surface area contributed by atoms with Gasteiger partial charge < -0.3 is 9.30 Å². The molecule has 1 N–H and O–H groups in total. The Balaban J connectivity index is 2.06. The van der Waals surface area contributed by atoms with Crippen LogP contribution in [0.25, 0.3) is 0 Å². The highest BCUT2D eigenvalue weighted by molar-refractivity contribution is 6.07. The van der Waals surface area contributed by atoms with Crippen molar-refractivity contribution in [2.75, 3.05) is 5.32 Å². The van der Waals surface area contributed by atoms with Crippen molar-refractivity contribution in [1.29, 1.82) is 0 Å². The Morgan fingerprint density at radius 2 is 1.82 bits per heavy atom. The van der Waals surface area contributed by atoms with Gasteiger partial charge in [-0.25, -0.2) is 9.78 Å². The summed E-state index contributed by atoms with van der Waals surface area (Å²) >= 11 is 0. The molecule has 2 aromatic rings. The first kappa shape index (κ1) is 15.8. The third-order valence-electron chi connectivity index (χ3n) is 2.82. The number of nitrogens with one attached hydrogen (secondary N) is 1. The summed E-state index contributed by atoms with van der Waals surface area (Å²) in [4.78, 5) is 27.9. The van der Waals surface area contributed by atoms with Crippen molar-refractivity contribution in [3.8, 4) is 0 Å². The SMILES string of the molecule is Cn1ccnc1C(=O)c1ccc(NC(=O)OC(C)(C)C)cc1. The maximum absolute atomic E-state index is 12.3. The van der Waals surface area contributed by atoms with E-state index in [9.17, 15) is 9.59 Å². The Bertz CT molecular complexity index is 681. The third-order valence-corrected chi connectivity index (χ3v) is 2.82. The van der Waals surface area contributed by atoms with Gasteiger partial charge >= 0.3 is 6.09 Å². The maximum atomic E-state index is 12.3. The topological polar surface area (TPSA) is 73.2 Å². The summed E-state index contributed by atoms with van der Waals surface area (Å²) in [6.07, 6.45) is 2.76. The lowest BCUT2D eigenvalue weighted by Gasteiger charge is -2.19. The van der Waals surface area contributed by atoms with Gasteiger partial charge in [0.05, 0.1) is 0 Å². The highest BCUT2D eigenvalue weighted by Crippen LogP contribution is 2.14. The first-order valence-corrected chi connectivity index (χ1v) is 6.88. The minimum atomic E-state index is -0.557. The number of ketones is 1. The van der Waals surface area contributed by atoms with Gasteiger partial charge in [-0.05, 0) is 45.0 Å². The van der Waals surface area contributed by atoms with Crippen molar-refractivity contribution in [2.24, 2.45) is 7.05 Å². The van der Waals surface area contributed by atoms with Crippen molar-refractivity contribution in [1.82, 2.24) is 9.55 Å². The van der Waals surface area contributed by atoms with E-state index in [1.807, 2.05) is 0 Å². The van der Waals surface area contributed by atoms with Gasteiger partial charge in [0.1, 0.15) is 5.60 Å². The zero-order valence-corrected chi connectivity index (χ0v) is 13.1. The molecule has 0 fully saturated rings. The number of aromatic nitrogens is 2. The number of amides is 1. The predicted octanol–water partition coefficient (Wildman–Crippen LogP) is 3.00. The van der Waals surface area contributed by atoms with Crippen LogP contribution in [-0.2, 0) is 11.8 Å². The lowest BCUT2D eigenvalue weighted by molar-refractivity contribution is 0.0636. The molecule has 6 nitrogen and oxygen atoms in total. The summed E-state index contributed by atoms with van der Waals surface area (Å²) in [6.45, 7) is 5.38. The second-order valence-electron chi connectivity index (χ2n) is 5.90. The van der Waals surface area contributed by atoms with E-state index in [4.69, 9.17) is 4.74 Å². The van der Waals surface area contributed by atoms with Crippen molar-refractivity contribution < 1.29 is 14.3 Å². The van der Waals surface area contributed by atoms with E-state index in [-0.39, 0.29) is 5.78 Å². The molecule has 0 atom stereocenters. The summed E-state index contributed by atoms with van der Waals surface area (Å²) < 4.78 is 6.83. The number of carbonyl (C=O) groups excluding carboxylic acids is 2. The molecule has 0 unspecified atom stereocenters. The quantitative estimate of drug-likeness (QED) is 0.884. The summed E-state index contributed by atoms with van der Waals surface area (Å²) in [6, 6.07) is 6.59. The van der Waals surface area contributed by atoms with E-state index in [1.54, 1.807) is 69.0 Å². The van der Waals surface area contributed by atoms with Crippen LogP contribution >= 0.6 is 0 Å². The molecule has 0 bridgehead atoms. The van der Waals surface area contributed by atoms with Crippen molar-refractivity contribution in [3.05, 3.63) is 48.0 Å². The van der Waals surface area contributed by atoms with Gasteiger partial charge in [-0.2, -0.15) is 0 Å². The molecule has 1 aromatic carbocycles. The molecular formula is C16H19N3O3. The summed E-state index contributed by atoms with van der Waals surface area (Å²) in [5.74, 6) is 0.198. The Morgan fingerprint density at radius 1 is 1.18 bits per heavy atom. The number of hydrogen-bond acceptors (Lipinski definition) is 4. The highest BCUT2D eigenvalue weighted by atomic mass is 16.6. The van der Waals surface area contributed by atoms with Gasteiger partial charge in [0.15, 0.2) is 5.82 Å². The molecule has 1 amide bonds. The number of rotatable bonds is 3. The van der Waals surface area contributed by atoms with E-state index in [1.165, 1.54) is 0 Å². The fraction of sp³-hybridized carbons (Fsp3) is 0.312. The second kappa shape index (κ2) is 6.01. The number of hydrogen-bond donors (Lipinski definition) is 1. The molecule has 0 spiro atoms. The molecule has 22 heavy (non-hydrogen) atoms. The van der Waals surface area contributed by atoms with Gasteiger partial charge in [-0.15, -0.1) is 0 Å². The monoisotopic (exact) mass is 301 g/mol. The second-order valence-corrected chi connectivity index (χ2v) is 5.90. The predicted molar refractivity (Wildman–Crippen MR) is 82.9 cm³/mol. The van der Waals surface area contributed by atoms with Crippen molar-refractivity contribution >= 4 is 17.6 Å². The summed E-state index contributed by atoms with van der Waals surface area (Å²) in [5, 5.41) is 2.62. The van der Waals surface area contributed by atoms with Gasteiger partial charge in [-0.1, -0.05) is 0 Å². The summed E-state index contributed by atoms with van der Waals surface area (Å²) in [7, 11) is 1.76. The molecular weight excluding hydrogens is 282 g/mol. The van der Waals surface area contributed by atoms with E-state index < -0.39 is 11.7 Å². The number of anilines is 1. The Morgan fingerprint density at radius 3 is 2.32 bits per heavy atom. The number of ether oxygens (including phenoxy) is 1. The summed E-state index contributed by atoms with van der Waals surface area (Å²) in [5.41, 5.74) is 0.507. The van der Waals surface area contributed by atoms with Crippen LogP contribution < -0.4 is 5.32 Å². The minimum absolute atomic E-state index is 0.170. The van der Waals surface area contributed by atoms with E-state index in [0.29, 0.717) is 17.1 Å². The van der Waals surface area contributed by atoms with E-state index in [0.717, 1.165) is 0 Å². The molecule has 2 rings (SSSR count). The van der Waals surface area contributed by atoms with Crippen molar-refractivity contribution in [3.63, 3.8) is 0 Å². The molecule has 0 aliphatic heterocycles. The molecule has 0 aliphatic carbocycles.